The van der Waals surface area contributed by atoms with Gasteiger partial charge in [-0.3, -0.25) is 43.5 Å². The van der Waals surface area contributed by atoms with Crippen LogP contribution < -0.4 is 40.2 Å². The molecule has 8 amide bonds. The predicted molar refractivity (Wildman–Crippen MR) is 334 cm³/mol. The number of carbonyl (C=O) groups is 9. The van der Waals surface area contributed by atoms with Crippen LogP contribution in [-0.2, 0) is 41.7 Å². The molecule has 0 radical (unpaired) electrons. The molecule has 89 heavy (non-hydrogen) atoms. The molecule has 1 unspecified atom stereocenters. The van der Waals surface area contributed by atoms with Gasteiger partial charge in [0.15, 0.2) is 35.0 Å². The van der Waals surface area contributed by atoms with Crippen LogP contribution in [-0.4, -0.2) is 169 Å². The zero-order valence-corrected chi connectivity index (χ0v) is 52.2. The van der Waals surface area contributed by atoms with E-state index in [1.165, 1.54) is 47.9 Å². The standard InChI is InChI=1S/C65H82N8O15S/c1-38(2)45(28-44(74)15-10-8-11-22-70-58(76)33-57(89-7)63(70)81)59(77)69-48(16-14-21-67-64(66)82)52(75)27-41-17-19-42(20-18-41)37-88-65(83)73-50-32-56(54(85-6)30-47(50)61(79)72-36-40(4)26-51(72)62(73)80)87-24-13-9-12-23-86-55-31-49-46(29-53(55)84-5)60(78)71-35-39(3)25-43(71)34-68-49/h17-20,29-32,34,38,43,45,48,51,57,62,80H,3-4,8-16,21-28,33,35-37H2,1-2,5-7H3,(H,69,77)(H3,66,67,82)/t43-,45-,48-,51-,57?,62-/m0/s1. The summed E-state index contributed by atoms with van der Waals surface area (Å²) in [5, 5.41) is 17.0. The number of amides is 8. The first kappa shape index (κ1) is 66.7. The van der Waals surface area contributed by atoms with Crippen molar-refractivity contribution in [2.45, 2.75) is 140 Å². The minimum absolute atomic E-state index is 0.0340. The summed E-state index contributed by atoms with van der Waals surface area (Å²) in [6.45, 7) is 13.2. The minimum Gasteiger partial charge on any atom is -0.493 e. The molecule has 5 aliphatic heterocycles. The summed E-state index contributed by atoms with van der Waals surface area (Å²) in [6, 6.07) is 10.4. The van der Waals surface area contributed by atoms with Crippen molar-refractivity contribution in [3.8, 4) is 23.0 Å². The van der Waals surface area contributed by atoms with E-state index in [4.69, 9.17) is 29.4 Å². The molecule has 5 aliphatic rings. The van der Waals surface area contributed by atoms with Crippen LogP contribution in [0.1, 0.15) is 129 Å². The average molecular weight is 1250 g/mol. The maximum absolute atomic E-state index is 14.3. The van der Waals surface area contributed by atoms with Gasteiger partial charge in [0.1, 0.15) is 12.4 Å². The van der Waals surface area contributed by atoms with Crippen LogP contribution in [0.5, 0.6) is 23.0 Å². The number of ketones is 2. The lowest BCUT2D eigenvalue weighted by molar-refractivity contribution is -0.138. The van der Waals surface area contributed by atoms with Gasteiger partial charge in [0.25, 0.3) is 11.8 Å². The van der Waals surface area contributed by atoms with Gasteiger partial charge in [-0.2, -0.15) is 11.8 Å². The van der Waals surface area contributed by atoms with Crippen molar-refractivity contribution < 1.29 is 71.9 Å². The summed E-state index contributed by atoms with van der Waals surface area (Å²) in [4.78, 5) is 130. The number of carbonyl (C=O) groups excluding carboxylic acids is 9. The number of rotatable bonds is 31. The summed E-state index contributed by atoms with van der Waals surface area (Å²) >= 11 is 1.36. The number of aliphatic hydroxyl groups excluding tert-OH is 1. The van der Waals surface area contributed by atoms with E-state index in [9.17, 15) is 48.3 Å². The zero-order chi connectivity index (χ0) is 64.1. The van der Waals surface area contributed by atoms with Gasteiger partial charge in [0.05, 0.1) is 73.3 Å². The molecule has 3 aromatic carbocycles. The number of anilines is 1. The second kappa shape index (κ2) is 30.8. The van der Waals surface area contributed by atoms with Crippen LogP contribution in [0.25, 0.3) is 0 Å². The molecule has 23 nitrogen and oxygen atoms in total. The molecule has 0 bridgehead atoms. The third kappa shape index (κ3) is 16.5. The molecule has 3 fully saturated rings. The van der Waals surface area contributed by atoms with E-state index < -0.39 is 48.2 Å². The van der Waals surface area contributed by atoms with Crippen molar-refractivity contribution in [1.82, 2.24) is 25.3 Å². The summed E-state index contributed by atoms with van der Waals surface area (Å²) in [5.41, 5.74) is 9.16. The van der Waals surface area contributed by atoms with E-state index in [2.05, 4.69) is 28.8 Å². The number of benzene rings is 3. The summed E-state index contributed by atoms with van der Waals surface area (Å²) in [6.07, 6.45) is 6.40. The Balaban J connectivity index is 0.859. The van der Waals surface area contributed by atoms with Gasteiger partial charge in [-0.1, -0.05) is 68.8 Å². The van der Waals surface area contributed by atoms with Crippen molar-refractivity contribution >= 4 is 82.6 Å². The predicted octanol–water partition coefficient (Wildman–Crippen LogP) is 7.39. The lowest BCUT2D eigenvalue weighted by atomic mass is 9.88. The van der Waals surface area contributed by atoms with E-state index in [1.807, 2.05) is 13.8 Å². The molecule has 0 saturated carbocycles. The number of unbranched alkanes of at least 4 members (excludes halogenated alkanes) is 4. The van der Waals surface area contributed by atoms with Gasteiger partial charge in [-0.15, -0.1) is 0 Å². The molecule has 0 spiro atoms. The van der Waals surface area contributed by atoms with Crippen molar-refractivity contribution in [3.05, 3.63) is 95.1 Å². The molecule has 5 N–H and O–H groups in total. The number of nitrogens with two attached hydrogens (primary N) is 1. The highest BCUT2D eigenvalue weighted by atomic mass is 32.2. The minimum atomic E-state index is -1.54. The largest absolute Gasteiger partial charge is 0.493 e. The lowest BCUT2D eigenvalue weighted by Crippen LogP contribution is -2.50. The number of hydrogen-bond acceptors (Lipinski definition) is 17. The van der Waals surface area contributed by atoms with Crippen LogP contribution in [0.3, 0.4) is 0 Å². The quantitative estimate of drug-likeness (QED) is 0.0277. The molecule has 24 heteroatoms. The van der Waals surface area contributed by atoms with Crippen molar-refractivity contribution in [2.75, 3.05) is 64.8 Å². The van der Waals surface area contributed by atoms with Crippen molar-refractivity contribution in [3.63, 3.8) is 0 Å². The number of aliphatic imine (C=N–C) groups is 1. The summed E-state index contributed by atoms with van der Waals surface area (Å²) in [5.74, 6) is -1.44. The van der Waals surface area contributed by atoms with Crippen LogP contribution >= 0.6 is 11.8 Å². The Labute approximate surface area is 523 Å². The molecule has 3 saturated heterocycles. The number of hydrogen-bond donors (Lipinski definition) is 4. The van der Waals surface area contributed by atoms with Crippen LogP contribution in [0.2, 0.25) is 0 Å². The molecule has 0 aliphatic carbocycles. The fraction of sp³-hybridized carbons (Fsp3) is 0.508. The number of fused-ring (bicyclic) bond motifs is 4. The van der Waals surface area contributed by atoms with E-state index in [1.54, 1.807) is 53.8 Å². The first-order valence-electron chi connectivity index (χ1n) is 30.4. The highest BCUT2D eigenvalue weighted by Crippen LogP contribution is 2.43. The number of thioether (sulfide) groups is 1. The van der Waals surface area contributed by atoms with E-state index in [0.29, 0.717) is 111 Å². The van der Waals surface area contributed by atoms with E-state index >= 15 is 0 Å². The number of nitrogens with zero attached hydrogens (tertiary/aromatic N) is 5. The number of likely N-dealkylation sites (tertiary alicyclic amines) is 1. The normalized spacial score (nSPS) is 19.3. The van der Waals surface area contributed by atoms with Gasteiger partial charge < -0.3 is 55.0 Å². The third-order valence-electron chi connectivity index (χ3n) is 16.7. The third-order valence-corrected chi connectivity index (χ3v) is 17.7. The maximum Gasteiger partial charge on any atom is 0.416 e. The first-order valence-corrected chi connectivity index (χ1v) is 31.6. The summed E-state index contributed by atoms with van der Waals surface area (Å²) < 4.78 is 29.5. The molecule has 6 atom stereocenters. The number of ether oxygens (including phenoxy) is 5. The van der Waals surface area contributed by atoms with Gasteiger partial charge in [0.2, 0.25) is 17.7 Å². The average Bonchev–Trinajstić information content (AvgIpc) is 1.77. The molecular weight excluding hydrogens is 1160 g/mol. The number of imide groups is 1. The first-order chi connectivity index (χ1) is 42.7. The summed E-state index contributed by atoms with van der Waals surface area (Å²) in [7, 11) is 2.95. The number of primary amides is 1. The molecule has 478 valence electrons. The number of methoxy groups -OCH3 is 2. The van der Waals surface area contributed by atoms with Crippen LogP contribution in [0, 0.1) is 11.8 Å². The lowest BCUT2D eigenvalue weighted by Gasteiger charge is -2.31. The fourth-order valence-electron chi connectivity index (χ4n) is 11.8. The highest BCUT2D eigenvalue weighted by Gasteiger charge is 2.47. The SMILES string of the molecule is C=C1C[C@H]2C=Nc3cc(OCCCCCOc4cc5c(cc4OC)C(=O)N4CC(=C)C[C@H]4[C@H](O)N5C(=O)OCc4ccc(CC(=O)[C@H](CCCNC(N)=O)NC(=O)[C@@H](CC(=O)CCCCCN5C(=O)CC(SC)C5=O)C(C)C)cc4)c(OC)cc3C(=O)N2C1. The van der Waals surface area contributed by atoms with E-state index in [0.717, 1.165) is 10.5 Å². The van der Waals surface area contributed by atoms with Gasteiger partial charge >= 0.3 is 12.1 Å². The molecule has 3 aromatic rings. The van der Waals surface area contributed by atoms with Crippen molar-refractivity contribution in [2.24, 2.45) is 22.6 Å². The molecule has 8 rings (SSSR count). The Morgan fingerprint density at radius 2 is 1.43 bits per heavy atom. The Hall–Kier alpha value is -8.25. The Morgan fingerprint density at radius 1 is 0.787 bits per heavy atom. The molecule has 5 heterocycles. The van der Waals surface area contributed by atoms with Gasteiger partial charge in [0, 0.05) is 76.1 Å². The molecular formula is C65H82N8O15S. The smallest absolute Gasteiger partial charge is 0.416 e. The number of nitrogens with one attached hydrogen (secondary N) is 2. The Kier molecular flexibility index (Phi) is 23.1. The monoisotopic (exact) mass is 1250 g/mol. The van der Waals surface area contributed by atoms with Gasteiger partial charge in [-0.25, -0.2) is 14.5 Å². The zero-order valence-electron chi connectivity index (χ0n) is 51.4. The maximum atomic E-state index is 14.3. The topological polar surface area (TPSA) is 295 Å². The van der Waals surface area contributed by atoms with Crippen molar-refractivity contribution in [1.29, 1.82) is 0 Å². The second-order valence-electron chi connectivity index (χ2n) is 23.5. The van der Waals surface area contributed by atoms with E-state index in [-0.39, 0.29) is 134 Å². The number of aliphatic hydroxyl groups is 1. The number of Topliss-reactive ketones (excluding diaryl/α,β-unsaturated/α-hetero) is 2. The van der Waals surface area contributed by atoms with Gasteiger partial charge in [-0.05, 0) is 93.2 Å². The molecule has 0 aromatic heterocycles. The van der Waals surface area contributed by atoms with Crippen LogP contribution in [0.15, 0.2) is 77.8 Å². The highest BCUT2D eigenvalue weighted by molar-refractivity contribution is 8.00. The van der Waals surface area contributed by atoms with Crippen LogP contribution in [0.4, 0.5) is 21.0 Å². The number of urea groups is 1. The fourth-order valence-corrected chi connectivity index (χ4v) is 12.4. The second-order valence-corrected chi connectivity index (χ2v) is 24.5. The Bertz CT molecular complexity index is 3220. The Morgan fingerprint density at radius 3 is 2.09 bits per heavy atom.